The zero-order valence-electron chi connectivity index (χ0n) is 12.3. The number of aryl methyl sites for hydroxylation is 1. The number of ether oxygens (including phenoxy) is 2. The molecule has 1 aromatic rings. The second-order valence-electron chi connectivity index (χ2n) is 4.84. The maximum absolute atomic E-state index is 11.4. The molecule has 1 unspecified atom stereocenters. The highest BCUT2D eigenvalue weighted by molar-refractivity contribution is 5.97. The third-order valence-electron chi connectivity index (χ3n) is 3.15. The van der Waals surface area contributed by atoms with Crippen molar-refractivity contribution >= 4 is 11.8 Å². The van der Waals surface area contributed by atoms with Gasteiger partial charge >= 0.3 is 5.97 Å². The van der Waals surface area contributed by atoms with Gasteiger partial charge in [-0.25, -0.2) is 0 Å². The lowest BCUT2D eigenvalue weighted by molar-refractivity contribution is -0.149. The molecule has 0 aliphatic rings. The van der Waals surface area contributed by atoms with E-state index < -0.39 is 11.9 Å². The van der Waals surface area contributed by atoms with Crippen LogP contribution in [0.25, 0.3) is 0 Å². The topological polar surface area (TPSA) is 52.6 Å². The number of rotatable bonds is 8. The van der Waals surface area contributed by atoms with Crippen LogP contribution in [0.4, 0.5) is 0 Å². The largest absolute Gasteiger partial charge is 0.494 e. The minimum atomic E-state index is -0.639. The van der Waals surface area contributed by atoms with Crippen molar-refractivity contribution in [1.29, 1.82) is 0 Å². The van der Waals surface area contributed by atoms with Crippen molar-refractivity contribution in [2.75, 3.05) is 13.7 Å². The van der Waals surface area contributed by atoms with E-state index in [4.69, 9.17) is 4.74 Å². The van der Waals surface area contributed by atoms with Gasteiger partial charge in [-0.05, 0) is 45.2 Å². The molecule has 1 rings (SSSR count). The highest BCUT2D eigenvalue weighted by Crippen LogP contribution is 2.14. The summed E-state index contributed by atoms with van der Waals surface area (Å²) in [5, 5.41) is 0. The van der Waals surface area contributed by atoms with E-state index in [0.29, 0.717) is 13.0 Å². The van der Waals surface area contributed by atoms with Gasteiger partial charge in [0.1, 0.15) is 17.5 Å². The first kappa shape index (κ1) is 16.2. The average molecular weight is 278 g/mol. The molecule has 0 aliphatic heterocycles. The molecule has 0 aliphatic carbocycles. The van der Waals surface area contributed by atoms with E-state index in [1.807, 2.05) is 31.2 Å². The Morgan fingerprint density at radius 2 is 1.80 bits per heavy atom. The first-order valence-corrected chi connectivity index (χ1v) is 6.82. The predicted octanol–water partition coefficient (Wildman–Crippen LogP) is 2.92. The zero-order chi connectivity index (χ0) is 15.0. The molecule has 1 atom stereocenters. The van der Waals surface area contributed by atoms with Crippen LogP contribution in [0.2, 0.25) is 0 Å². The van der Waals surface area contributed by atoms with Gasteiger partial charge in [0.25, 0.3) is 0 Å². The van der Waals surface area contributed by atoms with Crippen LogP contribution >= 0.6 is 0 Å². The summed E-state index contributed by atoms with van der Waals surface area (Å²) in [5.74, 6) is -0.390. The van der Waals surface area contributed by atoms with Crippen LogP contribution in [-0.2, 0) is 14.3 Å². The third-order valence-corrected chi connectivity index (χ3v) is 3.15. The van der Waals surface area contributed by atoms with E-state index in [9.17, 15) is 9.59 Å². The van der Waals surface area contributed by atoms with Gasteiger partial charge in [-0.3, -0.25) is 9.59 Å². The maximum atomic E-state index is 11.4. The number of Topliss-reactive ketones (excluding diaryl/α,β-unsaturated/α-hetero) is 1. The van der Waals surface area contributed by atoms with Gasteiger partial charge in [0.2, 0.25) is 0 Å². The average Bonchev–Trinajstić information content (AvgIpc) is 2.43. The molecule has 4 nitrogen and oxygen atoms in total. The van der Waals surface area contributed by atoms with E-state index >= 15 is 0 Å². The zero-order valence-corrected chi connectivity index (χ0v) is 12.3. The minimum Gasteiger partial charge on any atom is -0.494 e. The molecule has 0 bridgehead atoms. The summed E-state index contributed by atoms with van der Waals surface area (Å²) < 4.78 is 10.2. The summed E-state index contributed by atoms with van der Waals surface area (Å²) in [6.07, 6.45) is 2.07. The van der Waals surface area contributed by atoms with Crippen molar-refractivity contribution < 1.29 is 19.1 Å². The Hall–Kier alpha value is -1.84. The number of carbonyl (C=O) groups excluding carboxylic acids is 2. The van der Waals surface area contributed by atoms with Gasteiger partial charge in [-0.15, -0.1) is 0 Å². The van der Waals surface area contributed by atoms with Gasteiger partial charge in [-0.2, -0.15) is 0 Å². The van der Waals surface area contributed by atoms with Crippen LogP contribution in [0.5, 0.6) is 5.75 Å². The summed E-state index contributed by atoms with van der Waals surface area (Å²) in [6.45, 7) is 4.03. The van der Waals surface area contributed by atoms with Gasteiger partial charge < -0.3 is 9.47 Å². The highest BCUT2D eigenvalue weighted by atomic mass is 16.5. The number of benzene rings is 1. The van der Waals surface area contributed by atoms with Crippen LogP contribution in [0.1, 0.15) is 31.7 Å². The van der Waals surface area contributed by atoms with Gasteiger partial charge in [0.15, 0.2) is 0 Å². The van der Waals surface area contributed by atoms with Crippen LogP contribution < -0.4 is 4.74 Å². The van der Waals surface area contributed by atoms with E-state index in [1.54, 1.807) is 0 Å². The minimum absolute atomic E-state index is 0.142. The Morgan fingerprint density at radius 1 is 1.15 bits per heavy atom. The van der Waals surface area contributed by atoms with Crippen LogP contribution in [0.15, 0.2) is 24.3 Å². The molecule has 0 amide bonds. The third kappa shape index (κ3) is 5.43. The normalized spacial score (nSPS) is 11.8. The van der Waals surface area contributed by atoms with Gasteiger partial charge in [-0.1, -0.05) is 17.7 Å². The van der Waals surface area contributed by atoms with Crippen molar-refractivity contribution in [2.24, 2.45) is 5.92 Å². The Morgan fingerprint density at radius 3 is 2.35 bits per heavy atom. The van der Waals surface area contributed by atoms with E-state index in [-0.39, 0.29) is 5.78 Å². The van der Waals surface area contributed by atoms with Crippen molar-refractivity contribution in [2.45, 2.75) is 33.1 Å². The molecule has 0 radical (unpaired) electrons. The van der Waals surface area contributed by atoms with Crippen molar-refractivity contribution in [3.63, 3.8) is 0 Å². The molecule has 20 heavy (non-hydrogen) atoms. The highest BCUT2D eigenvalue weighted by Gasteiger charge is 2.23. The molecule has 1 aromatic carbocycles. The predicted molar refractivity (Wildman–Crippen MR) is 76.7 cm³/mol. The number of methoxy groups -OCH3 is 1. The smallest absolute Gasteiger partial charge is 0.316 e. The maximum Gasteiger partial charge on any atom is 0.316 e. The molecule has 0 aromatic heterocycles. The molecular formula is C16H22O4. The molecule has 0 saturated carbocycles. The second kappa shape index (κ2) is 8.35. The van der Waals surface area contributed by atoms with Crippen molar-refractivity contribution in [3.8, 4) is 5.75 Å². The SMILES string of the molecule is COC(=O)C(CCCCOc1ccc(C)cc1)C(C)=O. The fourth-order valence-electron chi connectivity index (χ4n) is 1.90. The lowest BCUT2D eigenvalue weighted by atomic mass is 9.98. The number of esters is 1. The number of carbonyl (C=O) groups is 2. The van der Waals surface area contributed by atoms with Gasteiger partial charge in [0.05, 0.1) is 13.7 Å². The second-order valence-corrected chi connectivity index (χ2v) is 4.84. The van der Waals surface area contributed by atoms with E-state index in [2.05, 4.69) is 4.74 Å². The Labute approximate surface area is 120 Å². The summed E-state index contributed by atoms with van der Waals surface area (Å²) in [6, 6.07) is 7.86. The summed E-state index contributed by atoms with van der Waals surface area (Å²) >= 11 is 0. The van der Waals surface area contributed by atoms with Crippen molar-refractivity contribution in [3.05, 3.63) is 29.8 Å². The number of hydrogen-bond donors (Lipinski definition) is 0. The van der Waals surface area contributed by atoms with Crippen LogP contribution in [-0.4, -0.2) is 25.5 Å². The fraction of sp³-hybridized carbons (Fsp3) is 0.500. The molecule has 4 heteroatoms. The molecule has 0 spiro atoms. The van der Waals surface area contributed by atoms with Crippen molar-refractivity contribution in [1.82, 2.24) is 0 Å². The number of hydrogen-bond acceptors (Lipinski definition) is 4. The summed E-state index contributed by atoms with van der Waals surface area (Å²) in [4.78, 5) is 22.7. The molecule has 0 N–H and O–H groups in total. The Kier molecular flexibility index (Phi) is 6.77. The monoisotopic (exact) mass is 278 g/mol. The number of unbranched alkanes of at least 4 members (excludes halogenated alkanes) is 1. The quantitative estimate of drug-likeness (QED) is 0.417. The first-order chi connectivity index (χ1) is 9.54. The van der Waals surface area contributed by atoms with E-state index in [0.717, 1.165) is 18.6 Å². The standard InChI is InChI=1S/C16H22O4/c1-12-7-9-14(10-8-12)20-11-5-4-6-15(13(2)17)16(18)19-3/h7-10,15H,4-6,11H2,1-3H3. The number of ketones is 1. The first-order valence-electron chi connectivity index (χ1n) is 6.82. The van der Waals surface area contributed by atoms with Crippen LogP contribution in [0, 0.1) is 12.8 Å². The van der Waals surface area contributed by atoms with Gasteiger partial charge in [0, 0.05) is 0 Å². The van der Waals surface area contributed by atoms with E-state index in [1.165, 1.54) is 19.6 Å². The summed E-state index contributed by atoms with van der Waals surface area (Å²) in [7, 11) is 1.30. The molecule has 110 valence electrons. The lowest BCUT2D eigenvalue weighted by Crippen LogP contribution is -2.23. The summed E-state index contributed by atoms with van der Waals surface area (Å²) in [5.41, 5.74) is 1.19. The van der Waals surface area contributed by atoms with Crippen LogP contribution in [0.3, 0.4) is 0 Å². The Balaban J connectivity index is 2.25. The fourth-order valence-corrected chi connectivity index (χ4v) is 1.90. The Bertz CT molecular complexity index is 436. The molecule has 0 saturated heterocycles. The molecular weight excluding hydrogens is 256 g/mol. The molecule has 0 heterocycles. The molecule has 0 fully saturated rings. The lowest BCUT2D eigenvalue weighted by Gasteiger charge is -2.11.